The molecule has 0 spiro atoms. The first-order valence-electron chi connectivity index (χ1n) is 7.81. The summed E-state index contributed by atoms with van der Waals surface area (Å²) in [7, 11) is 0. The highest BCUT2D eigenvalue weighted by Gasteiger charge is 2.94. The van der Waals surface area contributed by atoms with Crippen molar-refractivity contribution in [3.63, 3.8) is 0 Å². The van der Waals surface area contributed by atoms with Crippen molar-refractivity contribution < 1.29 is 13.9 Å². The van der Waals surface area contributed by atoms with Crippen LogP contribution < -0.4 is 5.73 Å². The summed E-state index contributed by atoms with van der Waals surface area (Å²) in [6.07, 6.45) is 0. The normalized spacial score (nSPS) is 31.6. The van der Waals surface area contributed by atoms with Gasteiger partial charge in [-0.15, -0.1) is 0 Å². The van der Waals surface area contributed by atoms with Crippen molar-refractivity contribution in [3.8, 4) is 12.1 Å². The Balaban J connectivity index is 2.25. The number of hydrogen-bond acceptors (Lipinski definition) is 6. The van der Waals surface area contributed by atoms with Gasteiger partial charge < -0.3 is 15.2 Å². The number of amidine groups is 1. The average Bonchev–Trinajstić information content (AvgIpc) is 3.13. The Labute approximate surface area is 153 Å². The van der Waals surface area contributed by atoms with E-state index in [9.17, 15) is 14.9 Å². The van der Waals surface area contributed by atoms with E-state index in [1.807, 2.05) is 0 Å². The largest absolute Gasteiger partial charge is 0.386 e. The maximum absolute atomic E-state index is 14.6. The minimum atomic E-state index is -1.73. The lowest BCUT2D eigenvalue weighted by Crippen LogP contribution is -2.43. The van der Waals surface area contributed by atoms with Crippen LogP contribution in [0.1, 0.15) is 25.3 Å². The van der Waals surface area contributed by atoms with Crippen molar-refractivity contribution in [2.24, 2.45) is 21.6 Å². The summed E-state index contributed by atoms with van der Waals surface area (Å²) in [6, 6.07) is 8.72. The van der Waals surface area contributed by atoms with Gasteiger partial charge in [0.25, 0.3) is 5.91 Å². The van der Waals surface area contributed by atoms with Gasteiger partial charge in [-0.2, -0.15) is 10.5 Å². The summed E-state index contributed by atoms with van der Waals surface area (Å²) in [6.45, 7) is 3.83. The zero-order valence-electron chi connectivity index (χ0n) is 13.7. The number of hydrogen-bond donors (Lipinski definition) is 1. The number of fused-ring (bicyclic) bond motifs is 1. The zero-order valence-corrected chi connectivity index (χ0v) is 15.3. The SMILES string of the molecule is CCOC1(OCC)N=C(N)C2(C#N)C(c3ccc(Br)cc3F)C12C#N. The van der Waals surface area contributed by atoms with Crippen LogP contribution in [-0.2, 0) is 9.47 Å². The molecule has 8 heteroatoms. The molecular weight excluding hydrogens is 391 g/mol. The molecule has 3 rings (SSSR count). The van der Waals surface area contributed by atoms with Gasteiger partial charge in [-0.25, -0.2) is 9.38 Å². The van der Waals surface area contributed by atoms with E-state index < -0.39 is 28.5 Å². The maximum atomic E-state index is 14.6. The van der Waals surface area contributed by atoms with E-state index in [0.29, 0.717) is 4.47 Å². The van der Waals surface area contributed by atoms with Crippen LogP contribution in [0.25, 0.3) is 0 Å². The van der Waals surface area contributed by atoms with Crippen molar-refractivity contribution >= 4 is 21.8 Å². The van der Waals surface area contributed by atoms with Crippen LogP contribution in [-0.4, -0.2) is 25.0 Å². The Bertz CT molecular complexity index is 840. The Kier molecular flexibility index (Phi) is 4.11. The molecule has 3 unspecified atom stereocenters. The number of ether oxygens (including phenoxy) is 2. The predicted octanol–water partition coefficient (Wildman–Crippen LogP) is 2.80. The van der Waals surface area contributed by atoms with E-state index in [2.05, 4.69) is 33.1 Å². The van der Waals surface area contributed by atoms with Gasteiger partial charge in [-0.05, 0) is 31.5 Å². The lowest BCUT2D eigenvalue weighted by molar-refractivity contribution is -0.255. The first kappa shape index (κ1) is 17.8. The number of rotatable bonds is 5. The van der Waals surface area contributed by atoms with Gasteiger partial charge in [0.1, 0.15) is 17.1 Å². The van der Waals surface area contributed by atoms with Crippen LogP contribution in [0.5, 0.6) is 0 Å². The van der Waals surface area contributed by atoms with Crippen LogP contribution in [0.15, 0.2) is 27.7 Å². The first-order chi connectivity index (χ1) is 11.9. The van der Waals surface area contributed by atoms with Gasteiger partial charge in [0.15, 0.2) is 5.41 Å². The number of nitriles is 2. The van der Waals surface area contributed by atoms with E-state index in [1.165, 1.54) is 12.1 Å². The fourth-order valence-electron chi connectivity index (χ4n) is 3.95. The number of nitrogens with zero attached hydrogens (tertiary/aromatic N) is 3. The molecule has 0 saturated heterocycles. The van der Waals surface area contributed by atoms with Gasteiger partial charge >= 0.3 is 0 Å². The van der Waals surface area contributed by atoms with Crippen molar-refractivity contribution in [1.82, 2.24) is 0 Å². The van der Waals surface area contributed by atoms with Crippen molar-refractivity contribution in [2.45, 2.75) is 25.7 Å². The van der Waals surface area contributed by atoms with Crippen molar-refractivity contribution in [1.29, 1.82) is 10.5 Å². The van der Waals surface area contributed by atoms with Crippen LogP contribution in [0, 0.1) is 39.3 Å². The Morgan fingerprint density at radius 2 is 1.92 bits per heavy atom. The Morgan fingerprint density at radius 1 is 1.28 bits per heavy atom. The molecular formula is C17H16BrFN4O2. The molecule has 1 aliphatic carbocycles. The molecule has 0 radical (unpaired) electrons. The van der Waals surface area contributed by atoms with E-state index in [4.69, 9.17) is 15.2 Å². The molecule has 3 atom stereocenters. The molecule has 1 aromatic rings. The molecule has 6 nitrogen and oxygen atoms in total. The zero-order chi connectivity index (χ0) is 18.5. The van der Waals surface area contributed by atoms with Crippen LogP contribution >= 0.6 is 15.9 Å². The monoisotopic (exact) mass is 406 g/mol. The summed E-state index contributed by atoms with van der Waals surface area (Å²) < 4.78 is 26.5. The van der Waals surface area contributed by atoms with Gasteiger partial charge in [0.05, 0.1) is 12.1 Å². The van der Waals surface area contributed by atoms with Gasteiger partial charge in [0, 0.05) is 23.6 Å². The molecule has 1 aromatic carbocycles. The second-order valence-electron chi connectivity index (χ2n) is 5.88. The second-order valence-corrected chi connectivity index (χ2v) is 6.80. The predicted molar refractivity (Wildman–Crippen MR) is 90.5 cm³/mol. The minimum absolute atomic E-state index is 0.0641. The lowest BCUT2D eigenvalue weighted by atomic mass is 9.93. The number of aliphatic imine (C=N–C) groups is 1. The number of benzene rings is 1. The summed E-state index contributed by atoms with van der Waals surface area (Å²) in [5.74, 6) is -3.16. The highest BCUT2D eigenvalue weighted by Crippen LogP contribution is 2.82. The summed E-state index contributed by atoms with van der Waals surface area (Å²) in [5, 5.41) is 19.9. The van der Waals surface area contributed by atoms with Crippen molar-refractivity contribution in [3.05, 3.63) is 34.1 Å². The molecule has 0 amide bonds. The third kappa shape index (κ3) is 1.90. The fourth-order valence-corrected chi connectivity index (χ4v) is 4.28. The minimum Gasteiger partial charge on any atom is -0.386 e. The molecule has 25 heavy (non-hydrogen) atoms. The second kappa shape index (κ2) is 5.77. The van der Waals surface area contributed by atoms with E-state index >= 15 is 0 Å². The standard InChI is InChI=1S/C17H16BrFN4O2/c1-3-24-17(25-4-2)16(9-21)13(15(16,8-20)14(22)23-17)11-6-5-10(18)7-12(11)19/h5-7,13H,3-4H2,1-2H3,(H2,22,23). The molecule has 2 aliphatic rings. The molecule has 130 valence electrons. The van der Waals surface area contributed by atoms with Crippen LogP contribution in [0.3, 0.4) is 0 Å². The summed E-state index contributed by atoms with van der Waals surface area (Å²) >= 11 is 3.20. The Hall–Kier alpha value is -2.00. The first-order valence-corrected chi connectivity index (χ1v) is 8.61. The topological polar surface area (TPSA) is 104 Å². The highest BCUT2D eigenvalue weighted by atomic mass is 79.9. The van der Waals surface area contributed by atoms with Gasteiger partial charge in [-0.1, -0.05) is 22.0 Å². The highest BCUT2D eigenvalue weighted by molar-refractivity contribution is 9.10. The summed E-state index contributed by atoms with van der Waals surface area (Å²) in [5.41, 5.74) is 3.24. The third-order valence-electron chi connectivity index (χ3n) is 4.88. The average molecular weight is 407 g/mol. The van der Waals surface area contributed by atoms with Crippen molar-refractivity contribution in [2.75, 3.05) is 13.2 Å². The van der Waals surface area contributed by atoms with Crippen LogP contribution in [0.4, 0.5) is 4.39 Å². The number of nitrogens with two attached hydrogens (primary N) is 1. The van der Waals surface area contributed by atoms with Gasteiger partial charge in [-0.3, -0.25) is 0 Å². The fraction of sp³-hybridized carbons (Fsp3) is 0.471. The van der Waals surface area contributed by atoms with E-state index in [-0.39, 0.29) is 24.6 Å². The third-order valence-corrected chi connectivity index (χ3v) is 5.37. The van der Waals surface area contributed by atoms with E-state index in [1.54, 1.807) is 19.9 Å². The Morgan fingerprint density at radius 3 is 2.40 bits per heavy atom. The van der Waals surface area contributed by atoms with E-state index in [0.717, 1.165) is 0 Å². The molecule has 0 aromatic heterocycles. The molecule has 0 bridgehead atoms. The molecule has 1 fully saturated rings. The quantitative estimate of drug-likeness (QED) is 0.756. The lowest BCUT2D eigenvalue weighted by Gasteiger charge is -2.31. The molecule has 1 saturated carbocycles. The summed E-state index contributed by atoms with van der Waals surface area (Å²) in [4.78, 5) is 4.21. The smallest absolute Gasteiger partial charge is 0.293 e. The van der Waals surface area contributed by atoms with Gasteiger partial charge in [0.2, 0.25) is 0 Å². The number of halogens is 2. The molecule has 1 aliphatic heterocycles. The molecule has 2 N–H and O–H groups in total. The van der Waals surface area contributed by atoms with Crippen LogP contribution in [0.2, 0.25) is 0 Å². The maximum Gasteiger partial charge on any atom is 0.293 e. The molecule has 1 heterocycles.